The lowest BCUT2D eigenvalue weighted by Crippen LogP contribution is -2.48. The standard InChI is InChI=1S/C21H27N3O4S/c1-17(23-29(26,27)19-10-6-3-7-11-19)21(25)22-20(18-8-4-2-5-9-18)16-24-12-14-28-15-13-24/h2-11,17,20,23H,12-16H2,1H3,(H,22,25)/t17-,20?/m0/s1. The maximum absolute atomic E-state index is 12.8. The molecular formula is C21H27N3O4S. The first-order valence-corrected chi connectivity index (χ1v) is 11.2. The minimum Gasteiger partial charge on any atom is -0.379 e. The number of morpholine rings is 1. The van der Waals surface area contributed by atoms with Crippen LogP contribution in [0.25, 0.3) is 0 Å². The molecule has 3 rings (SSSR count). The second-order valence-corrected chi connectivity index (χ2v) is 8.75. The first-order valence-electron chi connectivity index (χ1n) is 9.68. The lowest BCUT2D eigenvalue weighted by Gasteiger charge is -2.31. The highest BCUT2D eigenvalue weighted by Gasteiger charge is 2.25. The van der Waals surface area contributed by atoms with Gasteiger partial charge < -0.3 is 10.1 Å². The van der Waals surface area contributed by atoms with Crippen molar-refractivity contribution in [3.63, 3.8) is 0 Å². The van der Waals surface area contributed by atoms with Crippen LogP contribution < -0.4 is 10.0 Å². The summed E-state index contributed by atoms with van der Waals surface area (Å²) in [5.41, 5.74) is 0.977. The molecule has 0 aromatic heterocycles. The molecule has 0 radical (unpaired) electrons. The van der Waals surface area contributed by atoms with Crippen molar-refractivity contribution in [2.24, 2.45) is 0 Å². The van der Waals surface area contributed by atoms with Gasteiger partial charge in [0.2, 0.25) is 15.9 Å². The minimum atomic E-state index is -3.77. The van der Waals surface area contributed by atoms with Gasteiger partial charge in [0.15, 0.2) is 0 Å². The molecule has 1 aliphatic rings. The molecule has 1 fully saturated rings. The van der Waals surface area contributed by atoms with E-state index in [2.05, 4.69) is 14.9 Å². The fraction of sp³-hybridized carbons (Fsp3) is 0.381. The molecule has 1 heterocycles. The maximum Gasteiger partial charge on any atom is 0.241 e. The fourth-order valence-corrected chi connectivity index (χ4v) is 4.44. The summed E-state index contributed by atoms with van der Waals surface area (Å²) < 4.78 is 32.9. The van der Waals surface area contributed by atoms with Gasteiger partial charge in [-0.1, -0.05) is 48.5 Å². The zero-order chi connectivity index (χ0) is 20.7. The zero-order valence-electron chi connectivity index (χ0n) is 16.5. The van der Waals surface area contributed by atoms with Gasteiger partial charge in [-0.05, 0) is 24.6 Å². The third-order valence-electron chi connectivity index (χ3n) is 4.84. The van der Waals surface area contributed by atoms with Gasteiger partial charge in [0, 0.05) is 19.6 Å². The van der Waals surface area contributed by atoms with E-state index in [9.17, 15) is 13.2 Å². The van der Waals surface area contributed by atoms with Gasteiger partial charge >= 0.3 is 0 Å². The van der Waals surface area contributed by atoms with E-state index in [0.29, 0.717) is 19.8 Å². The summed E-state index contributed by atoms with van der Waals surface area (Å²) in [5, 5.41) is 3.01. The molecule has 2 aromatic carbocycles. The normalized spacial score (nSPS) is 17.4. The molecule has 1 amide bonds. The van der Waals surface area contributed by atoms with Gasteiger partial charge in [-0.25, -0.2) is 8.42 Å². The minimum absolute atomic E-state index is 0.132. The predicted octanol–water partition coefficient (Wildman–Crippen LogP) is 1.54. The molecule has 1 unspecified atom stereocenters. The number of hydrogen-bond donors (Lipinski definition) is 2. The predicted molar refractivity (Wildman–Crippen MR) is 111 cm³/mol. The van der Waals surface area contributed by atoms with Crippen LogP contribution in [0.3, 0.4) is 0 Å². The smallest absolute Gasteiger partial charge is 0.241 e. The molecule has 0 saturated carbocycles. The van der Waals surface area contributed by atoms with Crippen LogP contribution in [-0.4, -0.2) is 58.1 Å². The summed E-state index contributed by atoms with van der Waals surface area (Å²) in [4.78, 5) is 15.2. The van der Waals surface area contributed by atoms with Gasteiger partial charge in [0.05, 0.1) is 30.2 Å². The van der Waals surface area contributed by atoms with Gasteiger partial charge in [0.1, 0.15) is 0 Å². The van der Waals surface area contributed by atoms with Crippen LogP contribution in [-0.2, 0) is 19.6 Å². The van der Waals surface area contributed by atoms with Crippen molar-refractivity contribution in [1.29, 1.82) is 0 Å². The molecule has 1 saturated heterocycles. The molecule has 2 atom stereocenters. The Morgan fingerprint density at radius 2 is 1.62 bits per heavy atom. The highest BCUT2D eigenvalue weighted by atomic mass is 32.2. The molecule has 8 heteroatoms. The van der Waals surface area contributed by atoms with Crippen LogP contribution in [0.1, 0.15) is 18.5 Å². The van der Waals surface area contributed by atoms with E-state index in [1.807, 2.05) is 30.3 Å². The molecule has 29 heavy (non-hydrogen) atoms. The summed E-state index contributed by atoms with van der Waals surface area (Å²) >= 11 is 0. The Kier molecular flexibility index (Phi) is 7.38. The van der Waals surface area contributed by atoms with E-state index in [4.69, 9.17) is 4.74 Å². The number of rotatable bonds is 8. The van der Waals surface area contributed by atoms with Crippen LogP contribution in [0.4, 0.5) is 0 Å². The number of nitrogens with zero attached hydrogens (tertiary/aromatic N) is 1. The summed E-state index contributed by atoms with van der Waals surface area (Å²) in [5.74, 6) is -0.369. The molecule has 2 N–H and O–H groups in total. The quantitative estimate of drug-likeness (QED) is 0.680. The molecule has 2 aromatic rings. The molecule has 0 aliphatic carbocycles. The lowest BCUT2D eigenvalue weighted by molar-refractivity contribution is -0.123. The Balaban J connectivity index is 1.68. The van der Waals surface area contributed by atoms with Crippen molar-refractivity contribution < 1.29 is 17.9 Å². The Morgan fingerprint density at radius 3 is 2.24 bits per heavy atom. The number of amides is 1. The number of hydrogen-bond acceptors (Lipinski definition) is 5. The molecule has 7 nitrogen and oxygen atoms in total. The van der Waals surface area contributed by atoms with Crippen molar-refractivity contribution in [2.45, 2.75) is 23.9 Å². The lowest BCUT2D eigenvalue weighted by atomic mass is 10.1. The largest absolute Gasteiger partial charge is 0.379 e. The van der Waals surface area contributed by atoms with Crippen molar-refractivity contribution >= 4 is 15.9 Å². The van der Waals surface area contributed by atoms with Crippen LogP contribution in [0, 0.1) is 0 Å². The second kappa shape index (κ2) is 9.98. The van der Waals surface area contributed by atoms with Crippen LogP contribution >= 0.6 is 0 Å². The summed E-state index contributed by atoms with van der Waals surface area (Å²) in [6.07, 6.45) is 0. The molecule has 156 valence electrons. The van der Waals surface area contributed by atoms with E-state index in [1.165, 1.54) is 12.1 Å². The average molecular weight is 418 g/mol. The van der Waals surface area contributed by atoms with Crippen molar-refractivity contribution in [3.05, 3.63) is 66.2 Å². The highest BCUT2D eigenvalue weighted by molar-refractivity contribution is 7.89. The molecular weight excluding hydrogens is 390 g/mol. The zero-order valence-corrected chi connectivity index (χ0v) is 17.3. The molecule has 1 aliphatic heterocycles. The van der Waals surface area contributed by atoms with E-state index in [0.717, 1.165) is 18.7 Å². The Hall–Kier alpha value is -2.26. The number of sulfonamides is 1. The van der Waals surface area contributed by atoms with Crippen molar-refractivity contribution in [3.8, 4) is 0 Å². The Labute approximate surface area is 172 Å². The number of carbonyl (C=O) groups excluding carboxylic acids is 1. The number of benzene rings is 2. The SMILES string of the molecule is C[C@H](NS(=O)(=O)c1ccccc1)C(=O)NC(CN1CCOCC1)c1ccccc1. The van der Waals surface area contributed by atoms with Crippen molar-refractivity contribution in [1.82, 2.24) is 14.9 Å². The topological polar surface area (TPSA) is 87.7 Å². The van der Waals surface area contributed by atoms with Crippen LogP contribution in [0.2, 0.25) is 0 Å². The summed E-state index contributed by atoms with van der Waals surface area (Å²) in [6.45, 7) is 5.13. The molecule has 0 bridgehead atoms. The third-order valence-corrected chi connectivity index (χ3v) is 6.40. The Bertz CT molecular complexity index is 885. The van der Waals surface area contributed by atoms with E-state index in [1.54, 1.807) is 25.1 Å². The fourth-order valence-electron chi connectivity index (χ4n) is 3.21. The van der Waals surface area contributed by atoms with E-state index >= 15 is 0 Å². The first kappa shape index (κ1) is 21.4. The molecule has 0 spiro atoms. The third kappa shape index (κ3) is 6.11. The number of ether oxygens (including phenoxy) is 1. The maximum atomic E-state index is 12.8. The number of carbonyl (C=O) groups is 1. The Morgan fingerprint density at radius 1 is 1.03 bits per heavy atom. The van der Waals surface area contributed by atoms with Crippen molar-refractivity contribution in [2.75, 3.05) is 32.8 Å². The van der Waals surface area contributed by atoms with Gasteiger partial charge in [-0.3, -0.25) is 9.69 Å². The highest BCUT2D eigenvalue weighted by Crippen LogP contribution is 2.16. The van der Waals surface area contributed by atoms with Gasteiger partial charge in [0.25, 0.3) is 0 Å². The van der Waals surface area contributed by atoms with Gasteiger partial charge in [-0.15, -0.1) is 0 Å². The monoisotopic (exact) mass is 417 g/mol. The number of nitrogens with one attached hydrogen (secondary N) is 2. The summed E-state index contributed by atoms with van der Waals surface area (Å²) in [6, 6.07) is 16.6. The van der Waals surface area contributed by atoms with Crippen LogP contribution in [0.5, 0.6) is 0 Å². The van der Waals surface area contributed by atoms with E-state index < -0.39 is 16.1 Å². The second-order valence-electron chi connectivity index (χ2n) is 7.04. The van der Waals surface area contributed by atoms with Crippen LogP contribution in [0.15, 0.2) is 65.6 Å². The summed E-state index contributed by atoms with van der Waals surface area (Å²) in [7, 11) is -3.77. The van der Waals surface area contributed by atoms with E-state index in [-0.39, 0.29) is 16.8 Å². The first-order chi connectivity index (χ1) is 14.0. The van der Waals surface area contributed by atoms with Gasteiger partial charge in [-0.2, -0.15) is 4.72 Å². The average Bonchev–Trinajstić information content (AvgIpc) is 2.75.